The van der Waals surface area contributed by atoms with Crippen molar-refractivity contribution in [3.63, 3.8) is 0 Å². The molecule has 1 aromatic carbocycles. The minimum absolute atomic E-state index is 0.161. The molecular weight excluding hydrogens is 308 g/mol. The van der Waals surface area contributed by atoms with Crippen molar-refractivity contribution in [3.8, 4) is 0 Å². The Morgan fingerprint density at radius 3 is 2.71 bits per heavy atom. The fourth-order valence-electron chi connectivity index (χ4n) is 1.83. The second-order valence-corrected chi connectivity index (χ2v) is 5.91. The minimum Gasteiger partial charge on any atom is -0.465 e. The van der Waals surface area contributed by atoms with Gasteiger partial charge < -0.3 is 10.1 Å². The number of aryl methyl sites for hydroxylation is 1. The minimum atomic E-state index is -0.472. The van der Waals surface area contributed by atoms with Crippen molar-refractivity contribution >= 4 is 39.7 Å². The SMILES string of the molecule is CCCCc1ccc(Nc2nc(Cl)c(C(=O)OC)s2)cc1. The average molecular weight is 325 g/mol. The van der Waals surface area contributed by atoms with Crippen LogP contribution in [0.2, 0.25) is 5.15 Å². The number of carbonyl (C=O) groups is 1. The van der Waals surface area contributed by atoms with E-state index in [0.29, 0.717) is 10.0 Å². The van der Waals surface area contributed by atoms with E-state index in [9.17, 15) is 4.79 Å². The van der Waals surface area contributed by atoms with E-state index in [-0.39, 0.29) is 5.15 Å². The van der Waals surface area contributed by atoms with Crippen molar-refractivity contribution in [2.75, 3.05) is 12.4 Å². The summed E-state index contributed by atoms with van der Waals surface area (Å²) in [5, 5.41) is 3.87. The molecule has 0 aliphatic heterocycles. The van der Waals surface area contributed by atoms with Crippen LogP contribution in [0, 0.1) is 0 Å². The molecule has 1 aromatic heterocycles. The van der Waals surface area contributed by atoms with Gasteiger partial charge in [0, 0.05) is 5.69 Å². The largest absolute Gasteiger partial charge is 0.465 e. The number of anilines is 2. The normalized spacial score (nSPS) is 10.4. The summed E-state index contributed by atoms with van der Waals surface area (Å²) < 4.78 is 4.65. The lowest BCUT2D eigenvalue weighted by atomic mass is 10.1. The van der Waals surface area contributed by atoms with Gasteiger partial charge in [0.15, 0.2) is 15.2 Å². The summed E-state index contributed by atoms with van der Waals surface area (Å²) >= 11 is 7.10. The zero-order valence-corrected chi connectivity index (χ0v) is 13.6. The first-order chi connectivity index (χ1) is 10.1. The second-order valence-electron chi connectivity index (χ2n) is 4.56. The van der Waals surface area contributed by atoms with Gasteiger partial charge >= 0.3 is 5.97 Å². The predicted octanol–water partition coefficient (Wildman–Crippen LogP) is 4.67. The van der Waals surface area contributed by atoms with Gasteiger partial charge in [0.2, 0.25) is 0 Å². The fourth-order valence-corrected chi connectivity index (χ4v) is 2.96. The summed E-state index contributed by atoms with van der Waals surface area (Å²) in [4.78, 5) is 15.9. The summed E-state index contributed by atoms with van der Waals surface area (Å²) in [6.45, 7) is 2.18. The molecule has 0 aliphatic rings. The van der Waals surface area contributed by atoms with Gasteiger partial charge in [-0.25, -0.2) is 9.78 Å². The molecule has 4 nitrogen and oxygen atoms in total. The zero-order chi connectivity index (χ0) is 15.2. The average Bonchev–Trinajstić information content (AvgIpc) is 2.86. The number of methoxy groups -OCH3 is 1. The molecule has 0 saturated carbocycles. The molecule has 0 atom stereocenters. The maximum Gasteiger partial charge on any atom is 0.351 e. The number of esters is 1. The van der Waals surface area contributed by atoms with Crippen molar-refractivity contribution in [2.24, 2.45) is 0 Å². The molecule has 0 amide bonds. The molecule has 0 saturated heterocycles. The first-order valence-electron chi connectivity index (χ1n) is 6.74. The number of aromatic nitrogens is 1. The first kappa shape index (κ1) is 15.8. The van der Waals surface area contributed by atoms with Crippen molar-refractivity contribution < 1.29 is 9.53 Å². The van der Waals surface area contributed by atoms with E-state index in [1.54, 1.807) is 0 Å². The Labute approximate surface area is 133 Å². The van der Waals surface area contributed by atoms with Crippen LogP contribution in [0.15, 0.2) is 24.3 Å². The first-order valence-corrected chi connectivity index (χ1v) is 7.94. The maximum absolute atomic E-state index is 11.5. The smallest absolute Gasteiger partial charge is 0.351 e. The third-order valence-electron chi connectivity index (χ3n) is 2.98. The predicted molar refractivity (Wildman–Crippen MR) is 86.8 cm³/mol. The molecule has 0 spiro atoms. The molecule has 0 fully saturated rings. The highest BCUT2D eigenvalue weighted by Gasteiger charge is 2.17. The molecule has 6 heteroatoms. The summed E-state index contributed by atoms with van der Waals surface area (Å²) in [5.41, 5.74) is 2.23. The summed E-state index contributed by atoms with van der Waals surface area (Å²) in [6, 6.07) is 8.18. The zero-order valence-electron chi connectivity index (χ0n) is 12.0. The topological polar surface area (TPSA) is 51.2 Å². The monoisotopic (exact) mass is 324 g/mol. The van der Waals surface area contributed by atoms with Crippen LogP contribution >= 0.6 is 22.9 Å². The summed E-state index contributed by atoms with van der Waals surface area (Å²) in [7, 11) is 1.32. The number of nitrogens with zero attached hydrogens (tertiary/aromatic N) is 1. The van der Waals surface area contributed by atoms with Crippen molar-refractivity contribution in [1.29, 1.82) is 0 Å². The van der Waals surface area contributed by atoms with Crippen molar-refractivity contribution in [1.82, 2.24) is 4.98 Å². The Kier molecular flexibility index (Phi) is 5.59. The maximum atomic E-state index is 11.5. The number of hydrogen-bond donors (Lipinski definition) is 1. The number of unbranched alkanes of at least 4 members (excludes halogenated alkanes) is 1. The number of carbonyl (C=O) groups excluding carboxylic acids is 1. The van der Waals surface area contributed by atoms with Crippen LogP contribution in [0.3, 0.4) is 0 Å². The van der Waals surface area contributed by atoms with Gasteiger partial charge in [-0.1, -0.05) is 48.4 Å². The molecule has 1 N–H and O–H groups in total. The highest BCUT2D eigenvalue weighted by molar-refractivity contribution is 7.18. The van der Waals surface area contributed by atoms with Crippen LogP contribution in [-0.4, -0.2) is 18.1 Å². The number of halogens is 1. The second kappa shape index (κ2) is 7.43. The highest BCUT2D eigenvalue weighted by Crippen LogP contribution is 2.29. The van der Waals surface area contributed by atoms with E-state index in [4.69, 9.17) is 11.6 Å². The van der Waals surface area contributed by atoms with Gasteiger partial charge in [0.25, 0.3) is 0 Å². The molecule has 0 radical (unpaired) electrons. The summed E-state index contributed by atoms with van der Waals surface area (Å²) in [5.74, 6) is -0.472. The molecule has 0 unspecified atom stereocenters. The van der Waals surface area contributed by atoms with E-state index >= 15 is 0 Å². The molecular formula is C15H17ClN2O2S. The van der Waals surface area contributed by atoms with Gasteiger partial charge in [-0.05, 0) is 30.5 Å². The third kappa shape index (κ3) is 4.19. The van der Waals surface area contributed by atoms with Gasteiger partial charge in [0.1, 0.15) is 0 Å². The molecule has 2 aromatic rings. The molecule has 112 valence electrons. The number of nitrogens with one attached hydrogen (secondary N) is 1. The number of hydrogen-bond acceptors (Lipinski definition) is 5. The highest BCUT2D eigenvalue weighted by atomic mass is 35.5. The van der Waals surface area contributed by atoms with E-state index in [0.717, 1.165) is 12.1 Å². The quantitative estimate of drug-likeness (QED) is 0.784. The van der Waals surface area contributed by atoms with Crippen LogP contribution in [0.5, 0.6) is 0 Å². The number of thiazole rings is 1. The lowest BCUT2D eigenvalue weighted by Crippen LogP contribution is -1.98. The lowest BCUT2D eigenvalue weighted by Gasteiger charge is -2.04. The fraction of sp³-hybridized carbons (Fsp3) is 0.333. The standard InChI is InChI=1S/C15H17ClN2O2S/c1-3-4-5-10-6-8-11(9-7-10)17-15-18-13(16)12(21-15)14(19)20-2/h6-9H,3-5H2,1-2H3,(H,17,18). The van der Waals surface area contributed by atoms with Crippen molar-refractivity contribution in [2.45, 2.75) is 26.2 Å². The van der Waals surface area contributed by atoms with E-state index < -0.39 is 5.97 Å². The van der Waals surface area contributed by atoms with Crippen LogP contribution in [0.4, 0.5) is 10.8 Å². The molecule has 0 aliphatic carbocycles. The van der Waals surface area contributed by atoms with E-state index in [1.807, 2.05) is 12.1 Å². The Hall–Kier alpha value is -1.59. The Balaban J connectivity index is 2.06. The van der Waals surface area contributed by atoms with Gasteiger partial charge in [-0.3, -0.25) is 0 Å². The molecule has 2 rings (SSSR count). The number of rotatable bonds is 6. The van der Waals surface area contributed by atoms with Gasteiger partial charge in [-0.15, -0.1) is 0 Å². The van der Waals surface area contributed by atoms with Crippen LogP contribution in [0.25, 0.3) is 0 Å². The Morgan fingerprint density at radius 2 is 2.10 bits per heavy atom. The molecule has 0 bridgehead atoms. The lowest BCUT2D eigenvalue weighted by molar-refractivity contribution is 0.0606. The van der Waals surface area contributed by atoms with Crippen LogP contribution in [0.1, 0.15) is 35.0 Å². The van der Waals surface area contributed by atoms with E-state index in [2.05, 4.69) is 34.1 Å². The van der Waals surface area contributed by atoms with E-state index in [1.165, 1.54) is 36.9 Å². The number of ether oxygens (including phenoxy) is 1. The van der Waals surface area contributed by atoms with Gasteiger partial charge in [0.05, 0.1) is 7.11 Å². The number of benzene rings is 1. The Morgan fingerprint density at radius 1 is 1.38 bits per heavy atom. The third-order valence-corrected chi connectivity index (χ3v) is 4.32. The molecule has 1 heterocycles. The van der Waals surface area contributed by atoms with Crippen LogP contribution < -0.4 is 5.32 Å². The van der Waals surface area contributed by atoms with Crippen LogP contribution in [-0.2, 0) is 11.2 Å². The van der Waals surface area contributed by atoms with Gasteiger partial charge in [-0.2, -0.15) is 0 Å². The molecule has 21 heavy (non-hydrogen) atoms. The summed E-state index contributed by atoms with van der Waals surface area (Å²) in [6.07, 6.45) is 3.47. The van der Waals surface area contributed by atoms with Crippen molar-refractivity contribution in [3.05, 3.63) is 39.9 Å². The Bertz CT molecular complexity index is 611.